The Balaban J connectivity index is 2.12. The molecule has 3 nitrogen and oxygen atoms in total. The van der Waals surface area contributed by atoms with E-state index in [1.54, 1.807) is 0 Å². The van der Waals surface area contributed by atoms with Crippen LogP contribution in [-0.2, 0) is 0 Å². The van der Waals surface area contributed by atoms with Gasteiger partial charge in [-0.05, 0) is 31.5 Å². The predicted octanol–water partition coefficient (Wildman–Crippen LogP) is 2.61. The highest BCUT2D eigenvalue weighted by Gasteiger charge is 2.23. The summed E-state index contributed by atoms with van der Waals surface area (Å²) in [4.78, 5) is 5.34. The number of rotatable bonds is 2. The molecule has 2 aromatic rings. The van der Waals surface area contributed by atoms with Crippen molar-refractivity contribution in [3.63, 3.8) is 0 Å². The zero-order chi connectivity index (χ0) is 15.0. The molecule has 1 saturated heterocycles. The van der Waals surface area contributed by atoms with Crippen LogP contribution in [0.5, 0.6) is 0 Å². The molecule has 0 bridgehead atoms. The Morgan fingerprint density at radius 3 is 2.52 bits per heavy atom. The van der Waals surface area contributed by atoms with E-state index in [1.165, 1.54) is 11.1 Å². The summed E-state index contributed by atoms with van der Waals surface area (Å²) in [5.41, 5.74) is 8.11. The van der Waals surface area contributed by atoms with Gasteiger partial charge in [0.15, 0.2) is 0 Å². The van der Waals surface area contributed by atoms with E-state index in [1.807, 2.05) is 6.07 Å². The lowest BCUT2D eigenvalue weighted by Crippen LogP contribution is -2.50. The smallest absolute Gasteiger partial charge is 0.104 e. The molecule has 1 unspecified atom stereocenters. The van der Waals surface area contributed by atoms with E-state index in [4.69, 9.17) is 18.0 Å². The maximum Gasteiger partial charge on any atom is 0.104 e. The summed E-state index contributed by atoms with van der Waals surface area (Å²) in [5, 5.41) is 2.38. The molecule has 2 N–H and O–H groups in total. The van der Waals surface area contributed by atoms with Crippen LogP contribution in [0.15, 0.2) is 36.4 Å². The van der Waals surface area contributed by atoms with Crippen molar-refractivity contribution in [2.75, 3.05) is 31.6 Å². The lowest BCUT2D eigenvalue weighted by atomic mass is 10.0. The summed E-state index contributed by atoms with van der Waals surface area (Å²) in [6.45, 7) is 5.51. The second kappa shape index (κ2) is 5.62. The van der Waals surface area contributed by atoms with Crippen molar-refractivity contribution in [3.8, 4) is 0 Å². The quantitative estimate of drug-likeness (QED) is 0.864. The largest absolute Gasteiger partial charge is 0.389 e. The fraction of sp³-hybridized carbons (Fsp3) is 0.353. The number of benzene rings is 2. The van der Waals surface area contributed by atoms with E-state index in [-0.39, 0.29) is 0 Å². The third-order valence-electron chi connectivity index (χ3n) is 4.31. The molecule has 0 aromatic heterocycles. The fourth-order valence-corrected chi connectivity index (χ4v) is 3.42. The number of likely N-dealkylation sites (N-methyl/N-ethyl adjacent to an activating group) is 1. The average Bonchev–Trinajstić information content (AvgIpc) is 2.46. The van der Waals surface area contributed by atoms with Gasteiger partial charge in [-0.15, -0.1) is 0 Å². The minimum Gasteiger partial charge on any atom is -0.389 e. The second-order valence-electron chi connectivity index (χ2n) is 5.85. The lowest BCUT2D eigenvalue weighted by molar-refractivity contribution is 0.276. The topological polar surface area (TPSA) is 32.5 Å². The molecule has 2 aromatic carbocycles. The molecular formula is C17H21N3S. The zero-order valence-corrected chi connectivity index (χ0v) is 13.4. The molecule has 0 aliphatic carbocycles. The van der Waals surface area contributed by atoms with Crippen molar-refractivity contribution in [2.24, 2.45) is 5.73 Å². The number of fused-ring (bicyclic) bond motifs is 1. The van der Waals surface area contributed by atoms with Crippen LogP contribution in [0.25, 0.3) is 10.8 Å². The highest BCUT2D eigenvalue weighted by molar-refractivity contribution is 7.80. The number of thiocarbonyl (C=S) groups is 1. The standard InChI is InChI=1S/C17H21N3S/c1-12-11-19(2)9-10-20(12)16-8-7-15(17(18)21)13-5-3-4-6-14(13)16/h3-8,12H,9-11H2,1-2H3,(H2,18,21). The average molecular weight is 299 g/mol. The van der Waals surface area contributed by atoms with Gasteiger partial charge in [-0.25, -0.2) is 0 Å². The van der Waals surface area contributed by atoms with Crippen molar-refractivity contribution in [1.29, 1.82) is 0 Å². The minimum absolute atomic E-state index is 0.462. The minimum atomic E-state index is 0.462. The third-order valence-corrected chi connectivity index (χ3v) is 4.53. The molecule has 1 fully saturated rings. The number of hydrogen-bond acceptors (Lipinski definition) is 3. The van der Waals surface area contributed by atoms with Gasteiger partial charge in [0.2, 0.25) is 0 Å². The molecule has 21 heavy (non-hydrogen) atoms. The van der Waals surface area contributed by atoms with E-state index >= 15 is 0 Å². The van der Waals surface area contributed by atoms with Gasteiger partial charge in [-0.2, -0.15) is 0 Å². The van der Waals surface area contributed by atoms with Gasteiger partial charge in [-0.3, -0.25) is 0 Å². The monoisotopic (exact) mass is 299 g/mol. The van der Waals surface area contributed by atoms with Gasteiger partial charge in [0, 0.05) is 42.3 Å². The van der Waals surface area contributed by atoms with Gasteiger partial charge < -0.3 is 15.5 Å². The molecule has 0 amide bonds. The van der Waals surface area contributed by atoms with Crippen LogP contribution in [0.3, 0.4) is 0 Å². The number of anilines is 1. The van der Waals surface area contributed by atoms with Gasteiger partial charge >= 0.3 is 0 Å². The Morgan fingerprint density at radius 2 is 1.86 bits per heavy atom. The van der Waals surface area contributed by atoms with E-state index in [9.17, 15) is 0 Å². The zero-order valence-electron chi connectivity index (χ0n) is 12.5. The van der Waals surface area contributed by atoms with Gasteiger partial charge in [0.1, 0.15) is 4.99 Å². The van der Waals surface area contributed by atoms with Gasteiger partial charge in [-0.1, -0.05) is 36.5 Å². The lowest BCUT2D eigenvalue weighted by Gasteiger charge is -2.40. The highest BCUT2D eigenvalue weighted by Crippen LogP contribution is 2.31. The fourth-order valence-electron chi connectivity index (χ4n) is 3.25. The van der Waals surface area contributed by atoms with Crippen LogP contribution < -0.4 is 10.6 Å². The molecule has 1 aliphatic rings. The Morgan fingerprint density at radius 1 is 1.14 bits per heavy atom. The molecule has 110 valence electrons. The number of nitrogens with two attached hydrogens (primary N) is 1. The first kappa shape index (κ1) is 14.3. The van der Waals surface area contributed by atoms with Gasteiger partial charge in [0.05, 0.1) is 0 Å². The molecule has 3 rings (SSSR count). The summed E-state index contributed by atoms with van der Waals surface area (Å²) in [6, 6.07) is 13.1. The number of piperazine rings is 1. The van der Waals surface area contributed by atoms with Crippen LogP contribution in [0.4, 0.5) is 5.69 Å². The Bertz CT molecular complexity index is 683. The van der Waals surface area contributed by atoms with E-state index in [2.05, 4.69) is 54.1 Å². The van der Waals surface area contributed by atoms with E-state index < -0.39 is 0 Å². The van der Waals surface area contributed by atoms with Crippen LogP contribution in [0.2, 0.25) is 0 Å². The van der Waals surface area contributed by atoms with E-state index in [0.717, 1.165) is 30.6 Å². The summed E-state index contributed by atoms with van der Waals surface area (Å²) in [5.74, 6) is 0. The molecule has 1 heterocycles. The van der Waals surface area contributed by atoms with Crippen LogP contribution in [-0.4, -0.2) is 42.6 Å². The van der Waals surface area contributed by atoms with Crippen molar-refractivity contribution < 1.29 is 0 Å². The molecule has 0 saturated carbocycles. The number of nitrogens with zero attached hydrogens (tertiary/aromatic N) is 2. The summed E-state index contributed by atoms with van der Waals surface area (Å²) in [7, 11) is 2.18. The first-order chi connectivity index (χ1) is 10.1. The molecule has 1 atom stereocenters. The maximum absolute atomic E-state index is 5.87. The molecule has 0 spiro atoms. The van der Waals surface area contributed by atoms with Crippen molar-refractivity contribution in [3.05, 3.63) is 42.0 Å². The number of hydrogen-bond donors (Lipinski definition) is 1. The predicted molar refractivity (Wildman–Crippen MR) is 94.1 cm³/mol. The Hall–Kier alpha value is -1.65. The Kier molecular flexibility index (Phi) is 3.83. The molecule has 1 aliphatic heterocycles. The highest BCUT2D eigenvalue weighted by atomic mass is 32.1. The Labute approximate surface area is 131 Å². The first-order valence-electron chi connectivity index (χ1n) is 7.34. The molecule has 0 radical (unpaired) electrons. The van der Waals surface area contributed by atoms with Gasteiger partial charge in [0.25, 0.3) is 0 Å². The molecule has 4 heteroatoms. The summed E-state index contributed by atoms with van der Waals surface area (Å²) < 4.78 is 0. The van der Waals surface area contributed by atoms with Crippen LogP contribution >= 0.6 is 12.2 Å². The molecular weight excluding hydrogens is 278 g/mol. The summed E-state index contributed by atoms with van der Waals surface area (Å²) >= 11 is 5.19. The van der Waals surface area contributed by atoms with E-state index in [0.29, 0.717) is 11.0 Å². The van der Waals surface area contributed by atoms with Crippen LogP contribution in [0.1, 0.15) is 12.5 Å². The normalized spacial score (nSPS) is 19.9. The summed E-state index contributed by atoms with van der Waals surface area (Å²) in [6.07, 6.45) is 0. The first-order valence-corrected chi connectivity index (χ1v) is 7.75. The second-order valence-corrected chi connectivity index (χ2v) is 6.29. The van der Waals surface area contributed by atoms with Crippen molar-refractivity contribution >= 4 is 33.7 Å². The maximum atomic E-state index is 5.87. The van der Waals surface area contributed by atoms with Crippen molar-refractivity contribution in [1.82, 2.24) is 4.90 Å². The SMILES string of the molecule is CC1CN(C)CCN1c1ccc(C(N)=S)c2ccccc12. The van der Waals surface area contributed by atoms with Crippen molar-refractivity contribution in [2.45, 2.75) is 13.0 Å². The third kappa shape index (κ3) is 2.61. The van der Waals surface area contributed by atoms with Crippen LogP contribution in [0, 0.1) is 0 Å².